The van der Waals surface area contributed by atoms with Crippen molar-refractivity contribution in [2.45, 2.75) is 37.9 Å². The monoisotopic (exact) mass is 325 g/mol. The van der Waals surface area contributed by atoms with Gasteiger partial charge in [-0.2, -0.15) is 9.97 Å². The lowest BCUT2D eigenvalue weighted by Crippen LogP contribution is -2.35. The van der Waals surface area contributed by atoms with Gasteiger partial charge in [0.15, 0.2) is 17.7 Å². The van der Waals surface area contributed by atoms with E-state index in [-0.39, 0.29) is 25.0 Å². The number of nitrogens with zero attached hydrogens (tertiary/aromatic N) is 4. The Kier molecular flexibility index (Phi) is 3.95. The normalized spacial score (nSPS) is 29.8. The Labute approximate surface area is 133 Å². The van der Waals surface area contributed by atoms with E-state index in [0.717, 1.165) is 0 Å². The SMILES string of the molecule is [2H]C(C)CO[C@H]1C(n2cnc3c(N)nc(N)nc32)O[C@H](CO)[C@H]1O. The van der Waals surface area contributed by atoms with Crippen molar-refractivity contribution in [3.05, 3.63) is 6.33 Å². The summed E-state index contributed by atoms with van der Waals surface area (Å²) in [6, 6.07) is 0. The molecule has 10 heteroatoms. The van der Waals surface area contributed by atoms with Gasteiger partial charge in [0.05, 0.1) is 12.9 Å². The standard InChI is InChI=1S/C13H20N6O4/c1-2-3-22-9-8(21)6(4-20)23-12(9)19-5-16-7-10(14)17-13(15)18-11(7)19/h5-6,8-9,12,20-21H,2-4H2,1H3,(H4,14,15,17,18)/t6-,8-,9-,12?/m1/s1/i2D/t2?,6-,8-,9-,12?. The molecule has 1 aliphatic rings. The lowest BCUT2D eigenvalue weighted by atomic mass is 10.1. The van der Waals surface area contributed by atoms with Crippen molar-refractivity contribution in [2.75, 3.05) is 24.7 Å². The van der Waals surface area contributed by atoms with Crippen molar-refractivity contribution < 1.29 is 21.1 Å². The van der Waals surface area contributed by atoms with Crippen LogP contribution in [0.2, 0.25) is 0 Å². The Morgan fingerprint density at radius 3 is 2.96 bits per heavy atom. The average molecular weight is 325 g/mol. The maximum absolute atomic E-state index is 10.3. The zero-order valence-electron chi connectivity index (χ0n) is 13.5. The predicted octanol–water partition coefficient (Wildman–Crippen LogP) is -0.963. The van der Waals surface area contributed by atoms with Crippen LogP contribution in [-0.4, -0.2) is 61.3 Å². The molecule has 5 atom stereocenters. The summed E-state index contributed by atoms with van der Waals surface area (Å²) in [5, 5.41) is 19.7. The largest absolute Gasteiger partial charge is 0.394 e. The molecule has 126 valence electrons. The van der Waals surface area contributed by atoms with Crippen molar-refractivity contribution in [2.24, 2.45) is 0 Å². The summed E-state index contributed by atoms with van der Waals surface area (Å²) in [4.78, 5) is 12.1. The third-order valence-corrected chi connectivity index (χ3v) is 3.69. The highest BCUT2D eigenvalue weighted by Gasteiger charge is 2.45. The van der Waals surface area contributed by atoms with E-state index in [9.17, 15) is 10.2 Å². The van der Waals surface area contributed by atoms with Gasteiger partial charge in [0.25, 0.3) is 0 Å². The number of hydrogen-bond acceptors (Lipinski definition) is 9. The molecule has 0 spiro atoms. The molecule has 2 aromatic rings. The number of imidazole rings is 1. The number of nitrogen functional groups attached to an aromatic ring is 2. The third-order valence-electron chi connectivity index (χ3n) is 3.69. The summed E-state index contributed by atoms with van der Waals surface area (Å²) in [6.45, 7) is 1.40. The number of fused-ring (bicyclic) bond motifs is 1. The first-order valence-electron chi connectivity index (χ1n) is 7.73. The molecule has 3 rings (SSSR count). The van der Waals surface area contributed by atoms with Crippen LogP contribution in [-0.2, 0) is 9.47 Å². The topological polar surface area (TPSA) is 155 Å². The summed E-state index contributed by atoms with van der Waals surface area (Å²) in [5.41, 5.74) is 12.1. The Balaban J connectivity index is 1.99. The minimum Gasteiger partial charge on any atom is -0.394 e. The predicted molar refractivity (Wildman–Crippen MR) is 81.2 cm³/mol. The maximum atomic E-state index is 10.3. The van der Waals surface area contributed by atoms with Crippen LogP contribution in [0.15, 0.2) is 6.33 Å². The van der Waals surface area contributed by atoms with Gasteiger partial charge >= 0.3 is 0 Å². The molecule has 1 saturated heterocycles. The molecule has 6 N–H and O–H groups in total. The van der Waals surface area contributed by atoms with Crippen LogP contribution in [0, 0.1) is 0 Å². The summed E-state index contributed by atoms with van der Waals surface area (Å²) >= 11 is 0. The molecule has 0 aliphatic carbocycles. The van der Waals surface area contributed by atoms with Crippen LogP contribution in [0.1, 0.15) is 20.9 Å². The Hall–Kier alpha value is -2.01. The molecule has 0 saturated carbocycles. The fraction of sp³-hybridized carbons (Fsp3) is 0.615. The van der Waals surface area contributed by atoms with Gasteiger partial charge in [-0.1, -0.05) is 6.92 Å². The highest BCUT2D eigenvalue weighted by molar-refractivity contribution is 5.82. The van der Waals surface area contributed by atoms with Gasteiger partial charge in [0.1, 0.15) is 23.8 Å². The summed E-state index contributed by atoms with van der Waals surface area (Å²) in [6.07, 6.45) is -2.52. The van der Waals surface area contributed by atoms with E-state index in [1.54, 1.807) is 6.92 Å². The summed E-state index contributed by atoms with van der Waals surface area (Å²) < 4.78 is 20.4. The van der Waals surface area contributed by atoms with Crippen LogP contribution in [0.3, 0.4) is 0 Å². The second kappa shape index (κ2) is 6.24. The lowest BCUT2D eigenvalue weighted by Gasteiger charge is -2.21. The van der Waals surface area contributed by atoms with Crippen molar-refractivity contribution in [1.82, 2.24) is 19.5 Å². The van der Waals surface area contributed by atoms with E-state index in [4.69, 9.17) is 22.3 Å². The Morgan fingerprint density at radius 1 is 1.48 bits per heavy atom. The zero-order chi connectivity index (χ0) is 17.4. The number of hydrogen-bond donors (Lipinski definition) is 4. The molecule has 3 heterocycles. The van der Waals surface area contributed by atoms with E-state index in [0.29, 0.717) is 11.2 Å². The van der Waals surface area contributed by atoms with Crippen molar-refractivity contribution in [3.8, 4) is 0 Å². The molecule has 1 fully saturated rings. The summed E-state index contributed by atoms with van der Waals surface area (Å²) in [7, 11) is 0. The fourth-order valence-electron chi connectivity index (χ4n) is 2.62. The number of ether oxygens (including phenoxy) is 2. The Bertz CT molecular complexity index is 726. The average Bonchev–Trinajstić information content (AvgIpc) is 3.06. The van der Waals surface area contributed by atoms with Gasteiger partial charge in [-0.05, 0) is 6.40 Å². The molecule has 2 aromatic heterocycles. The molecule has 23 heavy (non-hydrogen) atoms. The molecule has 0 aromatic carbocycles. The van der Waals surface area contributed by atoms with Crippen molar-refractivity contribution in [1.29, 1.82) is 0 Å². The van der Waals surface area contributed by atoms with E-state index < -0.39 is 30.9 Å². The molecule has 1 aliphatic heterocycles. The number of nitrogens with two attached hydrogens (primary N) is 2. The van der Waals surface area contributed by atoms with E-state index in [2.05, 4.69) is 15.0 Å². The van der Waals surface area contributed by atoms with Crippen molar-refractivity contribution in [3.63, 3.8) is 0 Å². The molecule has 0 radical (unpaired) electrons. The fourth-order valence-corrected chi connectivity index (χ4v) is 2.62. The van der Waals surface area contributed by atoms with Gasteiger partial charge in [-0.3, -0.25) is 4.57 Å². The van der Waals surface area contributed by atoms with Crippen LogP contribution in [0.5, 0.6) is 0 Å². The van der Waals surface area contributed by atoms with E-state index in [1.807, 2.05) is 0 Å². The highest BCUT2D eigenvalue weighted by Crippen LogP contribution is 2.34. The van der Waals surface area contributed by atoms with E-state index >= 15 is 0 Å². The molecule has 2 unspecified atom stereocenters. The number of rotatable bonds is 5. The van der Waals surface area contributed by atoms with E-state index in [1.165, 1.54) is 10.9 Å². The second-order valence-corrected chi connectivity index (χ2v) is 5.24. The van der Waals surface area contributed by atoms with Gasteiger partial charge in [0.2, 0.25) is 5.95 Å². The first-order valence-corrected chi connectivity index (χ1v) is 7.16. The minimum absolute atomic E-state index is 0.0174. The molecule has 0 amide bonds. The van der Waals surface area contributed by atoms with Gasteiger partial charge in [0, 0.05) is 7.98 Å². The highest BCUT2D eigenvalue weighted by atomic mass is 16.6. The molecular formula is C13H20N6O4. The lowest BCUT2D eigenvalue weighted by molar-refractivity contribution is -0.0703. The van der Waals surface area contributed by atoms with Crippen LogP contribution in [0.25, 0.3) is 11.2 Å². The van der Waals surface area contributed by atoms with Crippen LogP contribution < -0.4 is 11.5 Å². The smallest absolute Gasteiger partial charge is 0.224 e. The number of aliphatic hydroxyl groups excluding tert-OH is 2. The first kappa shape index (κ1) is 14.6. The number of aliphatic hydroxyl groups is 2. The second-order valence-electron chi connectivity index (χ2n) is 5.24. The first-order chi connectivity index (χ1) is 11.4. The molecular weight excluding hydrogens is 304 g/mol. The molecule has 10 nitrogen and oxygen atoms in total. The van der Waals surface area contributed by atoms with Gasteiger partial charge < -0.3 is 31.2 Å². The maximum Gasteiger partial charge on any atom is 0.224 e. The number of aromatic nitrogens is 4. The summed E-state index contributed by atoms with van der Waals surface area (Å²) in [5.74, 6) is 0.113. The molecule has 0 bridgehead atoms. The Morgan fingerprint density at radius 2 is 2.26 bits per heavy atom. The van der Waals surface area contributed by atoms with Crippen molar-refractivity contribution >= 4 is 22.9 Å². The van der Waals surface area contributed by atoms with Crippen LogP contribution >= 0.6 is 0 Å². The quantitative estimate of drug-likeness (QED) is 0.543. The minimum atomic E-state index is -1.06. The zero-order valence-corrected chi connectivity index (χ0v) is 12.5. The van der Waals surface area contributed by atoms with Gasteiger partial charge in [-0.25, -0.2) is 4.98 Å². The third kappa shape index (κ3) is 2.70. The van der Waals surface area contributed by atoms with Gasteiger partial charge in [-0.15, -0.1) is 0 Å². The number of anilines is 2. The van der Waals surface area contributed by atoms with Crippen LogP contribution in [0.4, 0.5) is 11.8 Å².